The van der Waals surface area contributed by atoms with E-state index >= 15 is 0 Å². The number of nitrogens with one attached hydrogen (secondary N) is 1. The molecule has 0 spiro atoms. The highest BCUT2D eigenvalue weighted by Crippen LogP contribution is 2.24. The maximum atomic E-state index is 12.0. The van der Waals surface area contributed by atoms with Gasteiger partial charge in [-0.2, -0.15) is 0 Å². The molecule has 0 saturated heterocycles. The van der Waals surface area contributed by atoms with Crippen LogP contribution in [0.2, 0.25) is 0 Å². The summed E-state index contributed by atoms with van der Waals surface area (Å²) >= 11 is 3.42. The van der Waals surface area contributed by atoms with Gasteiger partial charge in [-0.15, -0.1) is 0 Å². The van der Waals surface area contributed by atoms with E-state index in [2.05, 4.69) is 33.4 Å². The van der Waals surface area contributed by atoms with Gasteiger partial charge in [0.2, 0.25) is 5.91 Å². The van der Waals surface area contributed by atoms with Crippen molar-refractivity contribution in [3.05, 3.63) is 40.9 Å². The SMILES string of the molecule is O=C(Nc1ccccc1Br)[C@@H]1CC=CCC1. The number of anilines is 1. The van der Waals surface area contributed by atoms with Gasteiger partial charge in [0.25, 0.3) is 0 Å². The zero-order valence-electron chi connectivity index (χ0n) is 8.95. The van der Waals surface area contributed by atoms with Crippen molar-refractivity contribution >= 4 is 27.5 Å². The fourth-order valence-electron chi connectivity index (χ4n) is 1.83. The molecule has 0 radical (unpaired) electrons. The van der Waals surface area contributed by atoms with Gasteiger partial charge in [0, 0.05) is 10.4 Å². The number of rotatable bonds is 2. The summed E-state index contributed by atoms with van der Waals surface area (Å²) in [6, 6.07) is 7.68. The molecular weight excluding hydrogens is 266 g/mol. The summed E-state index contributed by atoms with van der Waals surface area (Å²) in [6.07, 6.45) is 7.05. The predicted molar refractivity (Wildman–Crippen MR) is 69.3 cm³/mol. The van der Waals surface area contributed by atoms with Crippen molar-refractivity contribution in [2.45, 2.75) is 19.3 Å². The summed E-state index contributed by atoms with van der Waals surface area (Å²) in [5.74, 6) is 0.244. The molecule has 0 bridgehead atoms. The van der Waals surface area contributed by atoms with Crippen LogP contribution in [0.4, 0.5) is 5.69 Å². The molecule has 1 aliphatic carbocycles. The molecule has 2 rings (SSSR count). The highest BCUT2D eigenvalue weighted by Gasteiger charge is 2.18. The molecule has 0 saturated carbocycles. The third-order valence-corrected chi connectivity index (χ3v) is 3.46. The number of benzene rings is 1. The quantitative estimate of drug-likeness (QED) is 0.821. The van der Waals surface area contributed by atoms with Crippen LogP contribution in [0.3, 0.4) is 0 Å². The molecule has 1 aliphatic rings. The minimum atomic E-state index is 0.122. The van der Waals surface area contributed by atoms with Crippen molar-refractivity contribution in [2.75, 3.05) is 5.32 Å². The lowest BCUT2D eigenvalue weighted by molar-refractivity contribution is -0.120. The van der Waals surface area contributed by atoms with Gasteiger partial charge in [-0.3, -0.25) is 4.79 Å². The Morgan fingerprint density at radius 3 is 2.81 bits per heavy atom. The first-order chi connectivity index (χ1) is 7.77. The summed E-state index contributed by atoms with van der Waals surface area (Å²) < 4.78 is 0.926. The van der Waals surface area contributed by atoms with Crippen molar-refractivity contribution in [1.82, 2.24) is 0 Å². The maximum absolute atomic E-state index is 12.0. The first kappa shape index (κ1) is 11.4. The van der Waals surface area contributed by atoms with Crippen LogP contribution >= 0.6 is 15.9 Å². The van der Waals surface area contributed by atoms with Crippen LogP contribution in [-0.4, -0.2) is 5.91 Å². The summed E-state index contributed by atoms with van der Waals surface area (Å²) in [4.78, 5) is 12.0. The van der Waals surface area contributed by atoms with E-state index in [0.29, 0.717) is 0 Å². The van der Waals surface area contributed by atoms with Crippen molar-refractivity contribution in [3.63, 3.8) is 0 Å². The molecule has 1 aromatic carbocycles. The molecule has 0 aromatic heterocycles. The monoisotopic (exact) mass is 279 g/mol. The number of carbonyl (C=O) groups is 1. The minimum absolute atomic E-state index is 0.122. The van der Waals surface area contributed by atoms with Crippen molar-refractivity contribution in [2.24, 2.45) is 5.92 Å². The highest BCUT2D eigenvalue weighted by molar-refractivity contribution is 9.10. The van der Waals surface area contributed by atoms with E-state index in [-0.39, 0.29) is 11.8 Å². The summed E-state index contributed by atoms with van der Waals surface area (Å²) in [5, 5.41) is 2.96. The average molecular weight is 280 g/mol. The van der Waals surface area contributed by atoms with Crippen molar-refractivity contribution in [3.8, 4) is 0 Å². The zero-order chi connectivity index (χ0) is 11.4. The van der Waals surface area contributed by atoms with Crippen LogP contribution in [0, 0.1) is 5.92 Å². The molecule has 2 nitrogen and oxygen atoms in total. The van der Waals surface area contributed by atoms with Crippen LogP contribution in [0.15, 0.2) is 40.9 Å². The Balaban J connectivity index is 2.02. The molecule has 0 heterocycles. The molecule has 84 valence electrons. The molecule has 0 unspecified atom stereocenters. The number of para-hydroxylation sites is 1. The van der Waals surface area contributed by atoms with Crippen molar-refractivity contribution < 1.29 is 4.79 Å². The maximum Gasteiger partial charge on any atom is 0.227 e. The van der Waals surface area contributed by atoms with Gasteiger partial charge in [0.1, 0.15) is 0 Å². The first-order valence-electron chi connectivity index (χ1n) is 5.48. The predicted octanol–water partition coefficient (Wildman–Crippen LogP) is 3.74. The number of hydrogen-bond donors (Lipinski definition) is 1. The molecular formula is C13H14BrNO. The van der Waals surface area contributed by atoms with E-state index in [1.807, 2.05) is 24.3 Å². The third-order valence-electron chi connectivity index (χ3n) is 2.77. The van der Waals surface area contributed by atoms with Crippen LogP contribution in [0.25, 0.3) is 0 Å². The van der Waals surface area contributed by atoms with Crippen LogP contribution in [0.1, 0.15) is 19.3 Å². The van der Waals surface area contributed by atoms with Gasteiger partial charge in [0.05, 0.1) is 5.69 Å². The van der Waals surface area contributed by atoms with Gasteiger partial charge in [-0.25, -0.2) is 0 Å². The Labute approximate surface area is 104 Å². The Bertz CT molecular complexity index is 414. The van der Waals surface area contributed by atoms with E-state index in [9.17, 15) is 4.79 Å². The van der Waals surface area contributed by atoms with Crippen molar-refractivity contribution in [1.29, 1.82) is 0 Å². The molecule has 3 heteroatoms. The standard InChI is InChI=1S/C13H14BrNO/c14-11-8-4-5-9-12(11)15-13(16)10-6-2-1-3-7-10/h1-2,4-5,8-10H,3,6-7H2,(H,15,16)/t10-/m1/s1. The second kappa shape index (κ2) is 5.30. The Morgan fingerprint density at radius 2 is 2.12 bits per heavy atom. The molecule has 1 aromatic rings. The molecule has 1 N–H and O–H groups in total. The van der Waals surface area contributed by atoms with Crippen LogP contribution in [-0.2, 0) is 4.79 Å². The summed E-state index contributed by atoms with van der Waals surface area (Å²) in [5.41, 5.74) is 0.849. The largest absolute Gasteiger partial charge is 0.325 e. The van der Waals surface area contributed by atoms with Gasteiger partial charge in [0.15, 0.2) is 0 Å². The third kappa shape index (κ3) is 2.73. The number of halogens is 1. The fourth-order valence-corrected chi connectivity index (χ4v) is 2.21. The van der Waals surface area contributed by atoms with E-state index in [1.54, 1.807) is 0 Å². The van der Waals surface area contributed by atoms with E-state index in [4.69, 9.17) is 0 Å². The summed E-state index contributed by atoms with van der Waals surface area (Å²) in [7, 11) is 0. The lowest BCUT2D eigenvalue weighted by atomic mass is 9.93. The van der Waals surface area contributed by atoms with Gasteiger partial charge < -0.3 is 5.32 Å². The number of amides is 1. The topological polar surface area (TPSA) is 29.1 Å². The Hall–Kier alpha value is -1.09. The Kier molecular flexibility index (Phi) is 3.78. The van der Waals surface area contributed by atoms with Crippen LogP contribution in [0.5, 0.6) is 0 Å². The Morgan fingerprint density at radius 1 is 1.31 bits per heavy atom. The fraction of sp³-hybridized carbons (Fsp3) is 0.308. The normalized spacial score (nSPS) is 19.4. The molecule has 1 atom stereocenters. The number of allylic oxidation sites excluding steroid dienone is 2. The second-order valence-electron chi connectivity index (χ2n) is 3.95. The van der Waals surface area contributed by atoms with Gasteiger partial charge in [-0.1, -0.05) is 24.3 Å². The van der Waals surface area contributed by atoms with E-state index in [1.165, 1.54) is 0 Å². The molecule has 1 amide bonds. The lowest BCUT2D eigenvalue weighted by Gasteiger charge is -2.17. The number of hydrogen-bond acceptors (Lipinski definition) is 1. The molecule has 0 aliphatic heterocycles. The zero-order valence-corrected chi connectivity index (χ0v) is 10.5. The van der Waals surface area contributed by atoms with Gasteiger partial charge in [-0.05, 0) is 47.3 Å². The van der Waals surface area contributed by atoms with Gasteiger partial charge >= 0.3 is 0 Å². The number of carbonyl (C=O) groups excluding carboxylic acids is 1. The molecule has 0 fully saturated rings. The highest BCUT2D eigenvalue weighted by atomic mass is 79.9. The first-order valence-corrected chi connectivity index (χ1v) is 6.27. The smallest absolute Gasteiger partial charge is 0.227 e. The molecule has 16 heavy (non-hydrogen) atoms. The summed E-state index contributed by atoms with van der Waals surface area (Å²) in [6.45, 7) is 0. The lowest BCUT2D eigenvalue weighted by Crippen LogP contribution is -2.23. The average Bonchev–Trinajstić information content (AvgIpc) is 2.33. The van der Waals surface area contributed by atoms with E-state index < -0.39 is 0 Å². The van der Waals surface area contributed by atoms with Crippen LogP contribution < -0.4 is 5.32 Å². The minimum Gasteiger partial charge on any atom is -0.325 e. The van der Waals surface area contributed by atoms with E-state index in [0.717, 1.165) is 29.4 Å². The second-order valence-corrected chi connectivity index (χ2v) is 4.80.